The molecule has 104 valence electrons. The number of anilines is 1. The molecule has 0 saturated carbocycles. The second-order valence-electron chi connectivity index (χ2n) is 4.00. The van der Waals surface area contributed by atoms with Crippen LogP contribution in [0.4, 0.5) is 5.82 Å². The van der Waals surface area contributed by atoms with Gasteiger partial charge < -0.3 is 20.3 Å². The van der Waals surface area contributed by atoms with Gasteiger partial charge in [0.25, 0.3) is 0 Å². The third-order valence-electron chi connectivity index (χ3n) is 2.66. The SMILES string of the molecule is COc1ccc2cc(C(=O)O)c(NCC(=O)O)nc2c1. The maximum Gasteiger partial charge on any atom is 0.339 e. The van der Waals surface area contributed by atoms with Crippen molar-refractivity contribution in [1.82, 2.24) is 4.98 Å². The molecule has 1 heterocycles. The van der Waals surface area contributed by atoms with Gasteiger partial charge >= 0.3 is 11.9 Å². The molecule has 3 N–H and O–H groups in total. The number of nitrogens with zero attached hydrogens (tertiary/aromatic N) is 1. The van der Waals surface area contributed by atoms with Gasteiger partial charge in [-0.25, -0.2) is 9.78 Å². The van der Waals surface area contributed by atoms with Crippen LogP contribution >= 0.6 is 0 Å². The number of methoxy groups -OCH3 is 1. The van der Waals surface area contributed by atoms with E-state index in [0.717, 1.165) is 0 Å². The minimum Gasteiger partial charge on any atom is -0.497 e. The van der Waals surface area contributed by atoms with E-state index < -0.39 is 18.5 Å². The number of ether oxygens (including phenoxy) is 1. The van der Waals surface area contributed by atoms with Crippen LogP contribution in [0, 0.1) is 0 Å². The van der Waals surface area contributed by atoms with E-state index in [1.54, 1.807) is 18.2 Å². The zero-order valence-corrected chi connectivity index (χ0v) is 10.6. The van der Waals surface area contributed by atoms with E-state index in [0.29, 0.717) is 16.7 Å². The summed E-state index contributed by atoms with van der Waals surface area (Å²) in [5.74, 6) is -1.69. The highest BCUT2D eigenvalue weighted by atomic mass is 16.5. The number of rotatable bonds is 5. The Balaban J connectivity index is 2.53. The summed E-state index contributed by atoms with van der Waals surface area (Å²) < 4.78 is 5.07. The molecular formula is C13H12N2O5. The summed E-state index contributed by atoms with van der Waals surface area (Å²) in [6.07, 6.45) is 0. The van der Waals surface area contributed by atoms with Crippen molar-refractivity contribution in [2.75, 3.05) is 19.0 Å². The molecule has 1 aromatic carbocycles. The number of aromatic carboxylic acids is 1. The highest BCUT2D eigenvalue weighted by Crippen LogP contribution is 2.24. The van der Waals surface area contributed by atoms with Gasteiger partial charge in [-0.15, -0.1) is 0 Å². The maximum atomic E-state index is 11.2. The highest BCUT2D eigenvalue weighted by Gasteiger charge is 2.14. The van der Waals surface area contributed by atoms with Crippen molar-refractivity contribution < 1.29 is 24.5 Å². The molecule has 0 saturated heterocycles. The Labute approximate surface area is 113 Å². The first-order chi connectivity index (χ1) is 9.51. The van der Waals surface area contributed by atoms with Gasteiger partial charge in [-0.1, -0.05) is 0 Å². The van der Waals surface area contributed by atoms with Gasteiger partial charge in [0.2, 0.25) is 0 Å². The normalized spacial score (nSPS) is 10.2. The summed E-state index contributed by atoms with van der Waals surface area (Å²) in [7, 11) is 1.51. The van der Waals surface area contributed by atoms with Crippen LogP contribution in [0.2, 0.25) is 0 Å². The summed E-state index contributed by atoms with van der Waals surface area (Å²) in [6.45, 7) is -0.414. The van der Waals surface area contributed by atoms with Gasteiger partial charge in [0.15, 0.2) is 0 Å². The lowest BCUT2D eigenvalue weighted by molar-refractivity contribution is -0.134. The summed E-state index contributed by atoms with van der Waals surface area (Å²) in [6, 6.07) is 6.47. The Bertz CT molecular complexity index is 684. The minimum absolute atomic E-state index is 0.0145. The third-order valence-corrected chi connectivity index (χ3v) is 2.66. The van der Waals surface area contributed by atoms with Gasteiger partial charge in [0, 0.05) is 11.5 Å². The van der Waals surface area contributed by atoms with Crippen molar-refractivity contribution in [1.29, 1.82) is 0 Å². The second kappa shape index (κ2) is 5.43. The van der Waals surface area contributed by atoms with Crippen LogP contribution < -0.4 is 10.1 Å². The van der Waals surface area contributed by atoms with Crippen LogP contribution in [-0.2, 0) is 4.79 Å². The molecular weight excluding hydrogens is 264 g/mol. The van der Waals surface area contributed by atoms with Gasteiger partial charge in [0.05, 0.1) is 12.6 Å². The first kappa shape index (κ1) is 13.6. The van der Waals surface area contributed by atoms with E-state index in [1.807, 2.05) is 0 Å². The number of carbonyl (C=O) groups is 2. The molecule has 7 heteroatoms. The Morgan fingerprint density at radius 1 is 1.30 bits per heavy atom. The molecule has 2 rings (SSSR count). The molecule has 0 aliphatic rings. The molecule has 7 nitrogen and oxygen atoms in total. The zero-order valence-electron chi connectivity index (χ0n) is 10.6. The van der Waals surface area contributed by atoms with Crippen LogP contribution in [0.1, 0.15) is 10.4 Å². The number of hydrogen-bond acceptors (Lipinski definition) is 5. The molecule has 0 amide bonds. The van der Waals surface area contributed by atoms with Crippen molar-refractivity contribution in [3.05, 3.63) is 29.8 Å². The number of nitrogens with one attached hydrogen (secondary N) is 1. The fourth-order valence-corrected chi connectivity index (χ4v) is 1.73. The fourth-order valence-electron chi connectivity index (χ4n) is 1.73. The third kappa shape index (κ3) is 2.77. The molecule has 0 fully saturated rings. The van der Waals surface area contributed by atoms with E-state index in [4.69, 9.17) is 14.9 Å². The minimum atomic E-state index is -1.18. The number of aromatic nitrogens is 1. The van der Waals surface area contributed by atoms with E-state index >= 15 is 0 Å². The Morgan fingerprint density at radius 2 is 2.05 bits per heavy atom. The largest absolute Gasteiger partial charge is 0.497 e. The van der Waals surface area contributed by atoms with Crippen molar-refractivity contribution >= 4 is 28.7 Å². The number of fused-ring (bicyclic) bond motifs is 1. The lowest BCUT2D eigenvalue weighted by atomic mass is 10.1. The number of benzene rings is 1. The first-order valence-electron chi connectivity index (χ1n) is 5.69. The standard InChI is InChI=1S/C13H12N2O5/c1-20-8-3-2-7-4-9(13(18)19)12(14-6-11(16)17)15-10(7)5-8/h2-5H,6H2,1H3,(H,14,15)(H,16,17)(H,18,19). The van der Waals surface area contributed by atoms with E-state index in [1.165, 1.54) is 13.2 Å². The van der Waals surface area contributed by atoms with E-state index in [-0.39, 0.29) is 11.4 Å². The van der Waals surface area contributed by atoms with Crippen LogP contribution in [0.15, 0.2) is 24.3 Å². The van der Waals surface area contributed by atoms with E-state index in [9.17, 15) is 9.59 Å². The molecule has 0 unspecified atom stereocenters. The number of carboxylic acid groups (broad SMARTS) is 2. The van der Waals surface area contributed by atoms with Crippen molar-refractivity contribution in [3.63, 3.8) is 0 Å². The van der Waals surface area contributed by atoms with Crippen LogP contribution in [0.3, 0.4) is 0 Å². The zero-order chi connectivity index (χ0) is 14.7. The smallest absolute Gasteiger partial charge is 0.339 e. The average Bonchev–Trinajstić information content (AvgIpc) is 2.43. The van der Waals surface area contributed by atoms with Crippen LogP contribution in [-0.4, -0.2) is 40.8 Å². The lowest BCUT2D eigenvalue weighted by Gasteiger charge is -2.09. The number of carboxylic acids is 2. The number of pyridine rings is 1. The lowest BCUT2D eigenvalue weighted by Crippen LogP contribution is -2.16. The molecule has 1 aromatic heterocycles. The Kier molecular flexibility index (Phi) is 3.69. The molecule has 2 aromatic rings. The van der Waals surface area contributed by atoms with Crippen molar-refractivity contribution in [2.45, 2.75) is 0 Å². The quantitative estimate of drug-likeness (QED) is 0.758. The molecule has 0 aliphatic heterocycles. The first-order valence-corrected chi connectivity index (χ1v) is 5.69. The van der Waals surface area contributed by atoms with Crippen molar-refractivity contribution in [2.24, 2.45) is 0 Å². The van der Waals surface area contributed by atoms with Gasteiger partial charge in [-0.3, -0.25) is 4.79 Å². The number of aliphatic carboxylic acids is 1. The monoisotopic (exact) mass is 276 g/mol. The fraction of sp³-hybridized carbons (Fsp3) is 0.154. The number of hydrogen-bond donors (Lipinski definition) is 3. The molecule has 0 bridgehead atoms. The predicted octanol–water partition coefficient (Wildman–Crippen LogP) is 1.44. The molecule has 0 radical (unpaired) electrons. The van der Waals surface area contributed by atoms with Gasteiger partial charge in [-0.05, 0) is 18.2 Å². The van der Waals surface area contributed by atoms with Crippen LogP contribution in [0.25, 0.3) is 10.9 Å². The summed E-state index contributed by atoms with van der Waals surface area (Å²) in [5, 5.41) is 20.9. The molecule has 0 atom stereocenters. The summed E-state index contributed by atoms with van der Waals surface area (Å²) in [5.41, 5.74) is 0.436. The summed E-state index contributed by atoms with van der Waals surface area (Å²) >= 11 is 0. The topological polar surface area (TPSA) is 109 Å². The molecule has 0 spiro atoms. The van der Waals surface area contributed by atoms with Crippen molar-refractivity contribution in [3.8, 4) is 5.75 Å². The summed E-state index contributed by atoms with van der Waals surface area (Å²) in [4.78, 5) is 25.9. The average molecular weight is 276 g/mol. The predicted molar refractivity (Wildman–Crippen MR) is 71.4 cm³/mol. The highest BCUT2D eigenvalue weighted by molar-refractivity contribution is 5.98. The Hall–Kier alpha value is -2.83. The molecule has 20 heavy (non-hydrogen) atoms. The Morgan fingerprint density at radius 3 is 2.65 bits per heavy atom. The second-order valence-corrected chi connectivity index (χ2v) is 4.00. The van der Waals surface area contributed by atoms with Gasteiger partial charge in [-0.2, -0.15) is 0 Å². The molecule has 0 aliphatic carbocycles. The van der Waals surface area contributed by atoms with E-state index in [2.05, 4.69) is 10.3 Å². The van der Waals surface area contributed by atoms with Gasteiger partial charge in [0.1, 0.15) is 23.7 Å². The van der Waals surface area contributed by atoms with Crippen LogP contribution in [0.5, 0.6) is 5.75 Å². The maximum absolute atomic E-state index is 11.2.